The van der Waals surface area contributed by atoms with Crippen LogP contribution in [0.5, 0.6) is 0 Å². The van der Waals surface area contributed by atoms with Crippen molar-refractivity contribution in [2.75, 3.05) is 11.9 Å². The van der Waals surface area contributed by atoms with Crippen molar-refractivity contribution in [3.05, 3.63) is 78.1 Å². The Balaban J connectivity index is 1.45. The number of carbonyl (C=O) groups excluding carboxylic acids is 2. The van der Waals surface area contributed by atoms with E-state index in [-0.39, 0.29) is 18.8 Å². The van der Waals surface area contributed by atoms with Gasteiger partial charge in [-0.2, -0.15) is 0 Å². The summed E-state index contributed by atoms with van der Waals surface area (Å²) in [6.07, 6.45) is 0.570. The van der Waals surface area contributed by atoms with E-state index in [2.05, 4.69) is 5.32 Å². The third-order valence-corrected chi connectivity index (χ3v) is 3.93. The maximum Gasteiger partial charge on any atom is 0.306 e. The minimum atomic E-state index is -0.469. The standard InChI is InChI=1S/C21H18FNO3/c22-18-9-5-15(6-10-18)7-12-21(25)26-14-20(24)23-19-11-8-16-3-1-2-4-17(16)13-19/h1-6,8-11,13H,7,12,14H2,(H,23,24). The van der Waals surface area contributed by atoms with Gasteiger partial charge in [0.15, 0.2) is 6.61 Å². The Morgan fingerprint density at radius 3 is 2.42 bits per heavy atom. The maximum atomic E-state index is 12.8. The quantitative estimate of drug-likeness (QED) is 0.681. The van der Waals surface area contributed by atoms with E-state index < -0.39 is 11.9 Å². The Labute approximate surface area is 150 Å². The lowest BCUT2D eigenvalue weighted by atomic mass is 10.1. The summed E-state index contributed by atoms with van der Waals surface area (Å²) >= 11 is 0. The fourth-order valence-electron chi connectivity index (χ4n) is 2.58. The number of hydrogen-bond donors (Lipinski definition) is 1. The molecular weight excluding hydrogens is 333 g/mol. The zero-order valence-electron chi connectivity index (χ0n) is 14.1. The summed E-state index contributed by atoms with van der Waals surface area (Å²) in [5.41, 5.74) is 1.49. The molecule has 26 heavy (non-hydrogen) atoms. The lowest BCUT2D eigenvalue weighted by Crippen LogP contribution is -2.21. The molecule has 0 spiro atoms. The average molecular weight is 351 g/mol. The van der Waals surface area contributed by atoms with E-state index in [4.69, 9.17) is 4.74 Å². The SMILES string of the molecule is O=C(COC(=O)CCc1ccc(F)cc1)Nc1ccc2ccccc2c1. The van der Waals surface area contributed by atoms with Crippen molar-refractivity contribution in [2.24, 2.45) is 0 Å². The molecule has 1 N–H and O–H groups in total. The van der Waals surface area contributed by atoms with Gasteiger partial charge in [0.1, 0.15) is 5.82 Å². The predicted molar refractivity (Wildman–Crippen MR) is 98.3 cm³/mol. The number of esters is 1. The Bertz CT molecular complexity index is 922. The van der Waals surface area contributed by atoms with Crippen LogP contribution in [0.25, 0.3) is 10.8 Å². The third-order valence-electron chi connectivity index (χ3n) is 3.93. The van der Waals surface area contributed by atoms with Gasteiger partial charge in [-0.05, 0) is 47.0 Å². The van der Waals surface area contributed by atoms with E-state index in [1.807, 2.05) is 36.4 Å². The lowest BCUT2D eigenvalue weighted by molar-refractivity contribution is -0.147. The second-order valence-electron chi connectivity index (χ2n) is 5.90. The van der Waals surface area contributed by atoms with Gasteiger partial charge in [-0.1, -0.05) is 42.5 Å². The van der Waals surface area contributed by atoms with Crippen LogP contribution in [0.2, 0.25) is 0 Å². The molecule has 0 fully saturated rings. The van der Waals surface area contributed by atoms with Gasteiger partial charge in [0.25, 0.3) is 5.91 Å². The summed E-state index contributed by atoms with van der Waals surface area (Å²) in [7, 11) is 0. The van der Waals surface area contributed by atoms with Crippen LogP contribution in [0, 0.1) is 5.82 Å². The molecule has 4 nitrogen and oxygen atoms in total. The molecule has 0 atom stereocenters. The van der Waals surface area contributed by atoms with Crippen LogP contribution in [0.3, 0.4) is 0 Å². The van der Waals surface area contributed by atoms with Gasteiger partial charge in [0, 0.05) is 12.1 Å². The highest BCUT2D eigenvalue weighted by atomic mass is 19.1. The van der Waals surface area contributed by atoms with Gasteiger partial charge in [-0.3, -0.25) is 9.59 Å². The highest BCUT2D eigenvalue weighted by Gasteiger charge is 2.09. The van der Waals surface area contributed by atoms with E-state index in [0.29, 0.717) is 12.1 Å². The van der Waals surface area contributed by atoms with Gasteiger partial charge in [-0.25, -0.2) is 4.39 Å². The number of aryl methyl sites for hydroxylation is 1. The lowest BCUT2D eigenvalue weighted by Gasteiger charge is -2.08. The van der Waals surface area contributed by atoms with Crippen LogP contribution >= 0.6 is 0 Å². The highest BCUT2D eigenvalue weighted by Crippen LogP contribution is 2.18. The van der Waals surface area contributed by atoms with Crippen LogP contribution in [0.4, 0.5) is 10.1 Å². The second-order valence-corrected chi connectivity index (χ2v) is 5.90. The molecule has 0 unspecified atom stereocenters. The molecule has 0 saturated heterocycles. The van der Waals surface area contributed by atoms with Gasteiger partial charge in [0.05, 0.1) is 0 Å². The van der Waals surface area contributed by atoms with Gasteiger partial charge >= 0.3 is 5.97 Å². The topological polar surface area (TPSA) is 55.4 Å². The minimum absolute atomic E-state index is 0.134. The fraction of sp³-hybridized carbons (Fsp3) is 0.143. The molecular formula is C21H18FNO3. The third kappa shape index (κ3) is 4.89. The first-order valence-corrected chi connectivity index (χ1v) is 8.29. The number of rotatable bonds is 6. The van der Waals surface area contributed by atoms with Crippen molar-refractivity contribution in [3.8, 4) is 0 Å². The van der Waals surface area contributed by atoms with Crippen LogP contribution in [-0.4, -0.2) is 18.5 Å². The number of carbonyl (C=O) groups is 2. The first-order chi connectivity index (χ1) is 12.6. The van der Waals surface area contributed by atoms with Gasteiger partial charge in [-0.15, -0.1) is 0 Å². The summed E-state index contributed by atoms with van der Waals surface area (Å²) in [6.45, 7) is -0.338. The zero-order chi connectivity index (χ0) is 18.4. The smallest absolute Gasteiger partial charge is 0.306 e. The normalized spacial score (nSPS) is 10.5. The number of anilines is 1. The first-order valence-electron chi connectivity index (χ1n) is 8.29. The largest absolute Gasteiger partial charge is 0.456 e. The number of ether oxygens (including phenoxy) is 1. The summed E-state index contributed by atoms with van der Waals surface area (Å²) in [5, 5.41) is 4.81. The zero-order valence-corrected chi connectivity index (χ0v) is 14.1. The second kappa shape index (κ2) is 8.25. The molecule has 0 radical (unpaired) electrons. The highest BCUT2D eigenvalue weighted by molar-refractivity contribution is 5.95. The summed E-state index contributed by atoms with van der Waals surface area (Å²) in [4.78, 5) is 23.7. The van der Waals surface area contributed by atoms with Crippen molar-refractivity contribution >= 4 is 28.3 Å². The molecule has 5 heteroatoms. The van der Waals surface area contributed by atoms with E-state index in [1.54, 1.807) is 18.2 Å². The van der Waals surface area contributed by atoms with E-state index in [0.717, 1.165) is 16.3 Å². The monoisotopic (exact) mass is 351 g/mol. The van der Waals surface area contributed by atoms with Crippen molar-refractivity contribution in [3.63, 3.8) is 0 Å². The molecule has 0 heterocycles. The van der Waals surface area contributed by atoms with E-state index >= 15 is 0 Å². The Morgan fingerprint density at radius 1 is 0.923 bits per heavy atom. The van der Waals surface area contributed by atoms with Crippen molar-refractivity contribution in [1.29, 1.82) is 0 Å². The molecule has 132 valence electrons. The summed E-state index contributed by atoms with van der Waals surface area (Å²) in [5.74, 6) is -1.18. The van der Waals surface area contributed by atoms with E-state index in [9.17, 15) is 14.0 Å². The number of hydrogen-bond acceptors (Lipinski definition) is 3. The minimum Gasteiger partial charge on any atom is -0.456 e. The van der Waals surface area contributed by atoms with E-state index in [1.165, 1.54) is 12.1 Å². The van der Waals surface area contributed by atoms with Crippen LogP contribution in [0.1, 0.15) is 12.0 Å². The van der Waals surface area contributed by atoms with Crippen molar-refractivity contribution < 1.29 is 18.7 Å². The van der Waals surface area contributed by atoms with Crippen molar-refractivity contribution in [1.82, 2.24) is 0 Å². The number of halogens is 1. The Morgan fingerprint density at radius 2 is 1.65 bits per heavy atom. The molecule has 0 aliphatic carbocycles. The number of nitrogens with one attached hydrogen (secondary N) is 1. The predicted octanol–water partition coefficient (Wildman–Crippen LogP) is 4.09. The molecule has 3 aromatic carbocycles. The molecule has 0 saturated carbocycles. The molecule has 0 bridgehead atoms. The van der Waals surface area contributed by atoms with Crippen LogP contribution < -0.4 is 5.32 Å². The number of amides is 1. The Hall–Kier alpha value is -3.21. The fourth-order valence-corrected chi connectivity index (χ4v) is 2.58. The molecule has 0 aliphatic heterocycles. The first kappa shape index (κ1) is 17.6. The number of benzene rings is 3. The molecule has 3 rings (SSSR count). The van der Waals surface area contributed by atoms with Crippen molar-refractivity contribution in [2.45, 2.75) is 12.8 Å². The van der Waals surface area contributed by atoms with Gasteiger partial charge in [0.2, 0.25) is 0 Å². The van der Waals surface area contributed by atoms with Crippen LogP contribution in [0.15, 0.2) is 66.7 Å². The average Bonchev–Trinajstić information content (AvgIpc) is 2.66. The van der Waals surface area contributed by atoms with Crippen LogP contribution in [-0.2, 0) is 20.7 Å². The summed E-state index contributed by atoms with van der Waals surface area (Å²) < 4.78 is 17.8. The summed E-state index contributed by atoms with van der Waals surface area (Å²) in [6, 6.07) is 19.3. The molecule has 0 aliphatic rings. The van der Waals surface area contributed by atoms with Gasteiger partial charge < -0.3 is 10.1 Å². The molecule has 1 amide bonds. The molecule has 0 aromatic heterocycles. The maximum absolute atomic E-state index is 12.8. The Kier molecular flexibility index (Phi) is 5.59. The molecule has 3 aromatic rings. The number of fused-ring (bicyclic) bond motifs is 1.